The molecule has 3 aliphatic rings. The highest BCUT2D eigenvalue weighted by Crippen LogP contribution is 2.42. The summed E-state index contributed by atoms with van der Waals surface area (Å²) in [5.74, 6) is -0.883. The number of amides is 3. The number of fused-ring (bicyclic) bond motifs is 6. The second kappa shape index (κ2) is 15.3. The molecular weight excluding hydrogens is 723 g/mol. The van der Waals surface area contributed by atoms with E-state index < -0.39 is 29.2 Å². The highest BCUT2D eigenvalue weighted by molar-refractivity contribution is 5.96. The number of aromatic nitrogens is 5. The van der Waals surface area contributed by atoms with Crippen molar-refractivity contribution in [3.05, 3.63) is 82.9 Å². The lowest BCUT2D eigenvalue weighted by molar-refractivity contribution is -0.293. The molecule has 6 heterocycles. The average molecular weight is 777 g/mol. The third-order valence-electron chi connectivity index (χ3n) is 12.2. The van der Waals surface area contributed by atoms with Gasteiger partial charge in [0, 0.05) is 57.2 Å². The molecule has 0 bridgehead atoms. The van der Waals surface area contributed by atoms with Crippen molar-refractivity contribution >= 4 is 39.5 Å². The maximum absolute atomic E-state index is 14.6. The lowest BCUT2D eigenvalue weighted by atomic mass is 9.79. The van der Waals surface area contributed by atoms with Gasteiger partial charge in [-0.25, -0.2) is 4.68 Å². The second-order valence-corrected chi connectivity index (χ2v) is 17.3. The molecule has 3 aliphatic heterocycles. The van der Waals surface area contributed by atoms with Crippen LogP contribution in [-0.4, -0.2) is 88.4 Å². The van der Waals surface area contributed by atoms with Crippen molar-refractivity contribution in [3.8, 4) is 0 Å². The summed E-state index contributed by atoms with van der Waals surface area (Å²) < 4.78 is 1.80. The van der Waals surface area contributed by atoms with Crippen LogP contribution in [0.15, 0.2) is 54.7 Å². The quantitative estimate of drug-likeness (QED) is 0.109. The van der Waals surface area contributed by atoms with Gasteiger partial charge >= 0.3 is 0 Å². The van der Waals surface area contributed by atoms with Gasteiger partial charge in [-0.2, -0.15) is 0 Å². The predicted molar refractivity (Wildman–Crippen MR) is 215 cm³/mol. The van der Waals surface area contributed by atoms with E-state index in [1.54, 1.807) is 9.58 Å². The predicted octanol–water partition coefficient (Wildman–Crippen LogP) is 3.68. The molecule has 1 saturated heterocycles. The number of carbonyl (C=O) groups is 3. The average Bonchev–Trinajstić information content (AvgIpc) is 3.93. The standard InChI is InChI=1S/C42H54N11O4/c1-41(2)19-26(20-42(3,4)53(41)57)52-23-25(49-50-52)21-45-38(54)33(15-9-10-16-43)48-39(55)37-18-30-28-12-6-8-14-32(28)47-36(30)24-51(37)40(56)34-17-29-27-11-5-7-13-31(27)46-35(29)22-44-34/h5-8,11-14,23,26,33-34,37,44,46-47H,9-10,15-22,24,43H2,1-4H3,(H,45,54)(H,48,55)/t33-,34+,37+/m1/s1. The summed E-state index contributed by atoms with van der Waals surface area (Å²) in [4.78, 5) is 51.7. The SMILES string of the molecule is CC1(C)CC(n2cc(CNC(=O)[C@@H](CCCCN)NC(=O)[C@@H]3Cc4c([nH]c5ccccc45)CN3C(=O)[C@@H]3Cc4c([nH]c5ccccc45)CN3)nn2)CC(C)(C)N1[O]. The fraction of sp³-hybridized carbons (Fsp3) is 0.500. The van der Waals surface area contributed by atoms with Crippen LogP contribution in [0.4, 0.5) is 0 Å². The lowest BCUT2D eigenvalue weighted by Gasteiger charge is -2.49. The molecule has 15 nitrogen and oxygen atoms in total. The minimum absolute atomic E-state index is 0.0208. The van der Waals surface area contributed by atoms with Gasteiger partial charge < -0.3 is 31.2 Å². The fourth-order valence-electron chi connectivity index (χ4n) is 9.49. The molecule has 2 aromatic carbocycles. The Kier molecular flexibility index (Phi) is 10.4. The van der Waals surface area contributed by atoms with Gasteiger partial charge in [-0.3, -0.25) is 19.7 Å². The first-order valence-corrected chi connectivity index (χ1v) is 20.2. The molecule has 15 heteroatoms. The minimum atomic E-state index is -0.857. The number of benzene rings is 2. The minimum Gasteiger partial charge on any atom is -0.357 e. The summed E-state index contributed by atoms with van der Waals surface area (Å²) >= 11 is 0. The van der Waals surface area contributed by atoms with Gasteiger partial charge in [-0.1, -0.05) is 41.6 Å². The molecule has 5 aromatic rings. The van der Waals surface area contributed by atoms with Gasteiger partial charge in [0.15, 0.2) is 0 Å². The van der Waals surface area contributed by atoms with Gasteiger partial charge in [-0.05, 0) is 96.0 Å². The molecule has 3 atom stereocenters. The molecule has 3 amide bonds. The largest absolute Gasteiger partial charge is 0.357 e. The summed E-state index contributed by atoms with van der Waals surface area (Å²) in [6.45, 7) is 9.10. The first kappa shape index (κ1) is 38.8. The van der Waals surface area contributed by atoms with Crippen molar-refractivity contribution in [3.63, 3.8) is 0 Å². The topological polar surface area (TPSA) is 202 Å². The molecule has 3 aromatic heterocycles. The zero-order chi connectivity index (χ0) is 40.1. The van der Waals surface area contributed by atoms with Gasteiger partial charge in [-0.15, -0.1) is 15.4 Å². The molecule has 0 saturated carbocycles. The van der Waals surface area contributed by atoms with Crippen LogP contribution in [0.1, 0.15) is 94.0 Å². The van der Waals surface area contributed by atoms with E-state index >= 15 is 0 Å². The van der Waals surface area contributed by atoms with Crippen molar-refractivity contribution < 1.29 is 19.6 Å². The van der Waals surface area contributed by atoms with Gasteiger partial charge in [0.25, 0.3) is 0 Å². The number of hydrogen-bond acceptors (Lipinski definition) is 8. The van der Waals surface area contributed by atoms with Crippen LogP contribution in [0.3, 0.4) is 0 Å². The van der Waals surface area contributed by atoms with Crippen molar-refractivity contribution in [2.45, 2.75) is 128 Å². The number of nitrogens with one attached hydrogen (secondary N) is 5. The van der Waals surface area contributed by atoms with Crippen LogP contribution in [0.5, 0.6) is 0 Å². The van der Waals surface area contributed by atoms with Gasteiger partial charge in [0.1, 0.15) is 17.8 Å². The van der Waals surface area contributed by atoms with E-state index in [0.29, 0.717) is 63.7 Å². The Hall–Kier alpha value is -5.09. The van der Waals surface area contributed by atoms with Crippen LogP contribution in [0.2, 0.25) is 0 Å². The number of nitrogens with zero attached hydrogens (tertiary/aromatic N) is 5. The molecule has 7 N–H and O–H groups in total. The van der Waals surface area contributed by atoms with E-state index in [0.717, 1.165) is 44.3 Å². The maximum Gasteiger partial charge on any atom is 0.243 e. The van der Waals surface area contributed by atoms with Crippen LogP contribution in [0, 0.1) is 0 Å². The van der Waals surface area contributed by atoms with Gasteiger partial charge in [0.05, 0.1) is 31.4 Å². The monoisotopic (exact) mass is 776 g/mol. The smallest absolute Gasteiger partial charge is 0.243 e. The lowest BCUT2D eigenvalue weighted by Crippen LogP contribution is -2.60. The second-order valence-electron chi connectivity index (χ2n) is 17.3. The normalized spacial score (nSPS) is 21.3. The third-order valence-corrected chi connectivity index (χ3v) is 12.2. The number of carbonyl (C=O) groups excluding carboxylic acids is 3. The number of unbranched alkanes of at least 4 members (excludes halogenated alkanes) is 1. The van der Waals surface area contributed by atoms with Crippen molar-refractivity contribution in [2.75, 3.05) is 6.54 Å². The summed E-state index contributed by atoms with van der Waals surface area (Å²) in [6.07, 6.45) is 5.56. The highest BCUT2D eigenvalue weighted by atomic mass is 16.5. The first-order chi connectivity index (χ1) is 27.3. The summed E-state index contributed by atoms with van der Waals surface area (Å²) in [6, 6.07) is 13.8. The van der Waals surface area contributed by atoms with Crippen molar-refractivity contribution in [2.24, 2.45) is 5.73 Å². The van der Waals surface area contributed by atoms with Gasteiger partial charge in [0.2, 0.25) is 17.7 Å². The number of rotatable bonds is 11. The Bertz CT molecular complexity index is 2270. The molecule has 0 spiro atoms. The Morgan fingerprint density at radius 1 is 0.912 bits per heavy atom. The molecule has 1 fully saturated rings. The number of para-hydroxylation sites is 2. The van der Waals surface area contributed by atoms with E-state index in [4.69, 9.17) is 5.73 Å². The third kappa shape index (κ3) is 7.56. The van der Waals surface area contributed by atoms with Crippen LogP contribution in [0.25, 0.3) is 21.8 Å². The Morgan fingerprint density at radius 2 is 1.56 bits per heavy atom. The van der Waals surface area contributed by atoms with Crippen molar-refractivity contribution in [1.29, 1.82) is 0 Å². The molecule has 57 heavy (non-hydrogen) atoms. The van der Waals surface area contributed by atoms with E-state index in [9.17, 15) is 19.6 Å². The number of piperidine rings is 1. The zero-order valence-corrected chi connectivity index (χ0v) is 33.2. The molecule has 8 rings (SSSR count). The van der Waals surface area contributed by atoms with E-state index in [2.05, 4.69) is 42.3 Å². The summed E-state index contributed by atoms with van der Waals surface area (Å²) in [5, 5.41) is 34.4. The molecule has 0 aliphatic carbocycles. The fourth-order valence-corrected chi connectivity index (χ4v) is 9.49. The Balaban J connectivity index is 0.999. The van der Waals surface area contributed by atoms with Crippen LogP contribution in [-0.2, 0) is 52.1 Å². The number of aromatic amines is 2. The Morgan fingerprint density at radius 3 is 2.25 bits per heavy atom. The number of nitrogens with two attached hydrogens (primary N) is 1. The summed E-state index contributed by atoms with van der Waals surface area (Å²) in [5.41, 5.74) is 11.4. The Labute approximate surface area is 332 Å². The number of hydrogen-bond donors (Lipinski definition) is 6. The number of H-pyrrole nitrogens is 2. The van der Waals surface area contributed by atoms with E-state index in [-0.39, 0.29) is 36.9 Å². The highest BCUT2D eigenvalue weighted by Gasteiger charge is 2.47. The maximum atomic E-state index is 14.6. The van der Waals surface area contributed by atoms with Crippen LogP contribution < -0.4 is 21.7 Å². The summed E-state index contributed by atoms with van der Waals surface area (Å²) in [7, 11) is 0. The zero-order valence-electron chi connectivity index (χ0n) is 33.2. The van der Waals surface area contributed by atoms with E-state index in [1.807, 2.05) is 76.4 Å². The molecule has 301 valence electrons. The van der Waals surface area contributed by atoms with Crippen LogP contribution >= 0.6 is 0 Å². The molecular formula is C42H54N11O4. The van der Waals surface area contributed by atoms with Crippen molar-refractivity contribution in [1.82, 2.24) is 50.9 Å². The molecule has 0 unspecified atom stereocenters. The molecule has 1 radical (unpaired) electrons. The first-order valence-electron chi connectivity index (χ1n) is 20.2. The van der Waals surface area contributed by atoms with E-state index in [1.165, 1.54) is 5.06 Å². The number of hydroxylamine groups is 2.